The first-order valence-electron chi connectivity index (χ1n) is 11.2. The smallest absolute Gasteiger partial charge is 0.314 e. The van der Waals surface area contributed by atoms with E-state index in [9.17, 15) is 13.6 Å². The van der Waals surface area contributed by atoms with Crippen LogP contribution in [-0.4, -0.2) is 18.7 Å². The summed E-state index contributed by atoms with van der Waals surface area (Å²) in [6, 6.07) is 3.21. The largest absolute Gasteiger partial charge is 0.426 e. The molecule has 1 aromatic carbocycles. The van der Waals surface area contributed by atoms with Crippen molar-refractivity contribution in [2.24, 2.45) is 17.8 Å². The van der Waals surface area contributed by atoms with Crippen molar-refractivity contribution in [3.05, 3.63) is 29.3 Å². The minimum atomic E-state index is -1.03. The molecule has 0 radical (unpaired) electrons. The molecule has 164 valence electrons. The average molecular weight is 420 g/mol. The minimum Gasteiger partial charge on any atom is -0.426 e. The summed E-state index contributed by atoms with van der Waals surface area (Å²) in [5.74, 6) is -1.48. The standard InChI is InChI=1S/C24H31F2NO3/c1-2-3-16-4-6-17(7-5-16)15-29-19-10-8-18(9-11-19)24(28)30-20-12-22(25)21(14-27)23(26)13-20/h12-13,16-19H,2-11,15H2,1H3. The molecule has 0 spiro atoms. The van der Waals surface area contributed by atoms with E-state index in [0.717, 1.165) is 37.5 Å². The molecule has 0 aromatic heterocycles. The average Bonchev–Trinajstić information content (AvgIpc) is 2.73. The van der Waals surface area contributed by atoms with Crippen LogP contribution in [0, 0.1) is 40.7 Å². The number of benzene rings is 1. The second kappa shape index (κ2) is 10.9. The normalized spacial score (nSPS) is 26.7. The Morgan fingerprint density at radius 3 is 2.20 bits per heavy atom. The molecule has 0 saturated heterocycles. The topological polar surface area (TPSA) is 59.3 Å². The number of esters is 1. The van der Waals surface area contributed by atoms with Gasteiger partial charge in [-0.05, 0) is 50.4 Å². The molecule has 2 aliphatic carbocycles. The fourth-order valence-electron chi connectivity index (χ4n) is 4.75. The van der Waals surface area contributed by atoms with Crippen molar-refractivity contribution in [3.8, 4) is 11.8 Å². The van der Waals surface area contributed by atoms with Crippen molar-refractivity contribution in [1.82, 2.24) is 0 Å². The highest BCUT2D eigenvalue weighted by Crippen LogP contribution is 2.33. The molecular weight excluding hydrogens is 388 g/mol. The molecule has 0 heterocycles. The van der Waals surface area contributed by atoms with Gasteiger partial charge in [0.25, 0.3) is 0 Å². The van der Waals surface area contributed by atoms with Crippen LogP contribution in [0.15, 0.2) is 12.1 Å². The number of ether oxygens (including phenoxy) is 2. The number of nitrogens with zero attached hydrogens (tertiary/aromatic N) is 1. The SMILES string of the molecule is CCCC1CCC(COC2CCC(C(=O)Oc3cc(F)c(C#N)c(F)c3)CC2)CC1. The molecule has 0 bridgehead atoms. The lowest BCUT2D eigenvalue weighted by atomic mass is 9.80. The van der Waals surface area contributed by atoms with E-state index >= 15 is 0 Å². The van der Waals surface area contributed by atoms with Crippen molar-refractivity contribution >= 4 is 5.97 Å². The Morgan fingerprint density at radius 2 is 1.63 bits per heavy atom. The molecule has 0 N–H and O–H groups in total. The van der Waals surface area contributed by atoms with Crippen LogP contribution in [-0.2, 0) is 9.53 Å². The van der Waals surface area contributed by atoms with Crippen LogP contribution in [0.4, 0.5) is 8.78 Å². The zero-order valence-electron chi connectivity index (χ0n) is 17.7. The maximum Gasteiger partial charge on any atom is 0.314 e. The molecule has 1 aromatic rings. The van der Waals surface area contributed by atoms with Crippen LogP contribution >= 0.6 is 0 Å². The van der Waals surface area contributed by atoms with Gasteiger partial charge in [0.1, 0.15) is 29.0 Å². The summed E-state index contributed by atoms with van der Waals surface area (Å²) < 4.78 is 38.7. The summed E-state index contributed by atoms with van der Waals surface area (Å²) in [6.45, 7) is 3.06. The first-order chi connectivity index (χ1) is 14.5. The molecule has 0 aliphatic heterocycles. The third kappa shape index (κ3) is 6.01. The van der Waals surface area contributed by atoms with Gasteiger partial charge in [-0.3, -0.25) is 4.79 Å². The first kappa shape index (κ1) is 22.7. The van der Waals surface area contributed by atoms with E-state index in [1.807, 2.05) is 0 Å². The summed E-state index contributed by atoms with van der Waals surface area (Å²) in [5.41, 5.74) is -0.675. The number of nitriles is 1. The van der Waals surface area contributed by atoms with Gasteiger partial charge in [0.05, 0.1) is 12.0 Å². The van der Waals surface area contributed by atoms with Crippen molar-refractivity contribution in [1.29, 1.82) is 5.26 Å². The fourth-order valence-corrected chi connectivity index (χ4v) is 4.75. The molecule has 0 atom stereocenters. The quantitative estimate of drug-likeness (QED) is 0.406. The van der Waals surface area contributed by atoms with Crippen molar-refractivity contribution < 1.29 is 23.0 Å². The number of hydrogen-bond donors (Lipinski definition) is 0. The second-order valence-electron chi connectivity index (χ2n) is 8.78. The van der Waals surface area contributed by atoms with E-state index in [0.29, 0.717) is 18.8 Å². The van der Waals surface area contributed by atoms with E-state index in [2.05, 4.69) is 6.92 Å². The zero-order chi connectivity index (χ0) is 21.5. The maximum atomic E-state index is 13.7. The molecule has 30 heavy (non-hydrogen) atoms. The highest BCUT2D eigenvalue weighted by Gasteiger charge is 2.29. The van der Waals surface area contributed by atoms with Gasteiger partial charge in [0.15, 0.2) is 0 Å². The van der Waals surface area contributed by atoms with E-state index in [4.69, 9.17) is 14.7 Å². The van der Waals surface area contributed by atoms with E-state index in [1.54, 1.807) is 0 Å². The summed E-state index contributed by atoms with van der Waals surface area (Å²) in [7, 11) is 0. The number of carbonyl (C=O) groups is 1. The van der Waals surface area contributed by atoms with E-state index in [1.165, 1.54) is 44.6 Å². The Kier molecular flexibility index (Phi) is 8.21. The van der Waals surface area contributed by atoms with E-state index < -0.39 is 23.2 Å². The lowest BCUT2D eigenvalue weighted by Crippen LogP contribution is -2.30. The summed E-state index contributed by atoms with van der Waals surface area (Å²) >= 11 is 0. The van der Waals surface area contributed by atoms with Gasteiger partial charge in [0.2, 0.25) is 0 Å². The molecule has 2 fully saturated rings. The molecule has 0 unspecified atom stereocenters. The summed E-state index contributed by atoms with van der Waals surface area (Å²) in [6.07, 6.45) is 10.8. The van der Waals surface area contributed by atoms with Crippen molar-refractivity contribution in [3.63, 3.8) is 0 Å². The fraction of sp³-hybridized carbons (Fsp3) is 0.667. The predicted molar refractivity (Wildman–Crippen MR) is 109 cm³/mol. The van der Waals surface area contributed by atoms with Crippen molar-refractivity contribution in [2.75, 3.05) is 6.61 Å². The lowest BCUT2D eigenvalue weighted by Gasteiger charge is -2.31. The molecule has 3 rings (SSSR count). The molecule has 6 heteroatoms. The Labute approximate surface area is 177 Å². The third-order valence-corrected chi connectivity index (χ3v) is 6.58. The second-order valence-corrected chi connectivity index (χ2v) is 8.78. The Bertz CT molecular complexity index is 737. The van der Waals surface area contributed by atoms with Gasteiger partial charge < -0.3 is 9.47 Å². The van der Waals surface area contributed by atoms with Crippen LogP contribution < -0.4 is 4.74 Å². The molecule has 4 nitrogen and oxygen atoms in total. The lowest BCUT2D eigenvalue weighted by molar-refractivity contribution is -0.141. The molecule has 2 saturated carbocycles. The highest BCUT2D eigenvalue weighted by atomic mass is 19.1. The van der Waals surface area contributed by atoms with Gasteiger partial charge in [-0.25, -0.2) is 8.78 Å². The van der Waals surface area contributed by atoms with Crippen LogP contribution in [0.3, 0.4) is 0 Å². The molecule has 2 aliphatic rings. The van der Waals surface area contributed by atoms with Gasteiger partial charge >= 0.3 is 5.97 Å². The third-order valence-electron chi connectivity index (χ3n) is 6.58. The van der Waals surface area contributed by atoms with E-state index in [-0.39, 0.29) is 17.8 Å². The van der Waals surface area contributed by atoms with Gasteiger partial charge in [-0.2, -0.15) is 5.26 Å². The van der Waals surface area contributed by atoms with Crippen LogP contribution in [0.5, 0.6) is 5.75 Å². The van der Waals surface area contributed by atoms with Crippen LogP contribution in [0.2, 0.25) is 0 Å². The molecular formula is C24H31F2NO3. The Morgan fingerprint density at radius 1 is 1.03 bits per heavy atom. The molecule has 0 amide bonds. The van der Waals surface area contributed by atoms with Crippen LogP contribution in [0.25, 0.3) is 0 Å². The Hall–Kier alpha value is -2.00. The maximum absolute atomic E-state index is 13.7. The number of hydrogen-bond acceptors (Lipinski definition) is 4. The number of halogens is 2. The predicted octanol–water partition coefficient (Wildman–Crippen LogP) is 5.92. The highest BCUT2D eigenvalue weighted by molar-refractivity contribution is 5.75. The van der Waals surface area contributed by atoms with Crippen molar-refractivity contribution in [2.45, 2.75) is 77.2 Å². The number of rotatable bonds is 7. The minimum absolute atomic E-state index is 0.173. The van der Waals surface area contributed by atoms with Gasteiger partial charge in [-0.1, -0.05) is 32.6 Å². The monoisotopic (exact) mass is 419 g/mol. The first-order valence-corrected chi connectivity index (χ1v) is 11.2. The van der Waals surface area contributed by atoms with Gasteiger partial charge in [-0.15, -0.1) is 0 Å². The van der Waals surface area contributed by atoms with Crippen LogP contribution in [0.1, 0.15) is 76.7 Å². The Balaban J connectivity index is 1.39. The number of carbonyl (C=O) groups excluding carboxylic acids is 1. The zero-order valence-corrected chi connectivity index (χ0v) is 17.7. The summed E-state index contributed by atoms with van der Waals surface area (Å²) in [5, 5.41) is 8.71. The summed E-state index contributed by atoms with van der Waals surface area (Å²) in [4.78, 5) is 12.4. The van der Waals surface area contributed by atoms with Gasteiger partial charge in [0, 0.05) is 18.7 Å².